The Morgan fingerprint density at radius 2 is 1.43 bits per heavy atom. The van der Waals surface area contributed by atoms with E-state index in [1.807, 2.05) is 68.4 Å². The summed E-state index contributed by atoms with van der Waals surface area (Å²) in [6, 6.07) is 17.0. The SMILES string of the molecule is C.C=C(C)/C=C\C.CC.COC(F)(F)F.CON1CC[C@H]1C(=O)Nc1ccc(OC(F)(F)F)c(-c2ccc(C(=O)Nc3ccc(CN4CCN(S(C)=O)CC4)cc3)cc2)c1. The van der Waals surface area contributed by atoms with Gasteiger partial charge in [-0.15, -0.1) is 26.3 Å². The Hall–Kier alpha value is -4.59. The summed E-state index contributed by atoms with van der Waals surface area (Å²) in [5.41, 5.74) is 3.84. The Morgan fingerprint density at radius 1 is 0.867 bits per heavy atom. The second-order valence-corrected chi connectivity index (χ2v) is 14.1. The molecule has 0 saturated carbocycles. The van der Waals surface area contributed by atoms with Gasteiger partial charge in [0.05, 0.1) is 18.1 Å². The Kier molecular flexibility index (Phi) is 23.1. The number of carbonyl (C=O) groups is 2. The van der Waals surface area contributed by atoms with Gasteiger partial charge in [-0.1, -0.05) is 69.8 Å². The van der Waals surface area contributed by atoms with Crippen LogP contribution in [0.25, 0.3) is 11.1 Å². The van der Waals surface area contributed by atoms with Gasteiger partial charge in [0.15, 0.2) is 0 Å². The van der Waals surface area contributed by atoms with Gasteiger partial charge in [0.2, 0.25) is 5.91 Å². The van der Waals surface area contributed by atoms with Crippen LogP contribution >= 0.6 is 0 Å². The summed E-state index contributed by atoms with van der Waals surface area (Å²) < 4.78 is 92.0. The molecule has 11 nitrogen and oxygen atoms in total. The highest BCUT2D eigenvalue weighted by Crippen LogP contribution is 2.36. The fraction of sp³-hybridized carbons (Fsp3) is 0.429. The van der Waals surface area contributed by atoms with E-state index in [1.165, 1.54) is 48.6 Å². The molecule has 0 radical (unpaired) electrons. The number of alkyl halides is 6. The largest absolute Gasteiger partial charge is 0.573 e. The zero-order valence-corrected chi connectivity index (χ0v) is 35.0. The van der Waals surface area contributed by atoms with Crippen molar-refractivity contribution >= 4 is 34.2 Å². The zero-order valence-electron chi connectivity index (χ0n) is 34.2. The van der Waals surface area contributed by atoms with Crippen LogP contribution in [0.3, 0.4) is 0 Å². The van der Waals surface area contributed by atoms with Gasteiger partial charge in [0.25, 0.3) is 5.91 Å². The first-order valence-electron chi connectivity index (χ1n) is 18.6. The highest BCUT2D eigenvalue weighted by Gasteiger charge is 2.35. The molecule has 2 N–H and O–H groups in total. The average Bonchev–Trinajstić information content (AvgIpc) is 3.16. The van der Waals surface area contributed by atoms with Crippen molar-refractivity contribution in [2.45, 2.75) is 66.9 Å². The van der Waals surface area contributed by atoms with Gasteiger partial charge in [0, 0.05) is 75.1 Å². The van der Waals surface area contributed by atoms with Crippen molar-refractivity contribution in [1.29, 1.82) is 0 Å². The molecule has 3 aromatic rings. The highest BCUT2D eigenvalue weighted by atomic mass is 32.2. The quantitative estimate of drug-likeness (QED) is 0.145. The minimum Gasteiger partial charge on any atom is -0.405 e. The molecular formula is C42H57F6N5O6S. The number of ether oxygens (including phenoxy) is 2. The summed E-state index contributed by atoms with van der Waals surface area (Å²) in [5.74, 6) is -1.16. The molecule has 2 atom stereocenters. The highest BCUT2D eigenvalue weighted by molar-refractivity contribution is 7.81. The number of hydroxylamine groups is 2. The van der Waals surface area contributed by atoms with Crippen LogP contribution in [0.1, 0.15) is 57.5 Å². The van der Waals surface area contributed by atoms with E-state index >= 15 is 0 Å². The molecule has 60 heavy (non-hydrogen) atoms. The average molecular weight is 874 g/mol. The second kappa shape index (κ2) is 25.9. The number of benzene rings is 3. The Labute approximate surface area is 351 Å². The molecule has 0 aliphatic carbocycles. The van der Waals surface area contributed by atoms with Crippen LogP contribution in [0, 0.1) is 0 Å². The van der Waals surface area contributed by atoms with E-state index in [4.69, 9.17) is 4.84 Å². The molecular weight excluding hydrogens is 817 g/mol. The van der Waals surface area contributed by atoms with E-state index in [0.717, 1.165) is 49.9 Å². The van der Waals surface area contributed by atoms with Crippen molar-refractivity contribution < 1.29 is 54.5 Å². The molecule has 5 rings (SSSR count). The van der Waals surface area contributed by atoms with Crippen molar-refractivity contribution in [1.82, 2.24) is 14.3 Å². The maximum atomic E-state index is 13.2. The minimum atomic E-state index is -4.93. The van der Waals surface area contributed by atoms with Gasteiger partial charge in [-0.05, 0) is 73.9 Å². The van der Waals surface area contributed by atoms with E-state index in [-0.39, 0.29) is 30.5 Å². The topological polar surface area (TPSA) is 113 Å². The van der Waals surface area contributed by atoms with Gasteiger partial charge in [-0.3, -0.25) is 19.2 Å². The maximum Gasteiger partial charge on any atom is 0.573 e. The third kappa shape index (κ3) is 18.8. The molecule has 2 fully saturated rings. The molecule has 2 aliphatic rings. The Bertz CT molecular complexity index is 1830. The molecule has 2 aliphatic heterocycles. The van der Waals surface area contributed by atoms with E-state index in [9.17, 15) is 40.1 Å². The predicted molar refractivity (Wildman–Crippen MR) is 225 cm³/mol. The third-order valence-corrected chi connectivity index (χ3v) is 9.53. The number of hydrogen-bond donors (Lipinski definition) is 2. The fourth-order valence-corrected chi connectivity index (χ4v) is 6.18. The maximum absolute atomic E-state index is 13.2. The van der Waals surface area contributed by atoms with Crippen LogP contribution in [0.4, 0.5) is 37.7 Å². The third-order valence-electron chi connectivity index (χ3n) is 8.43. The number of amides is 2. The van der Waals surface area contributed by atoms with Crippen LogP contribution in [0.2, 0.25) is 0 Å². The monoisotopic (exact) mass is 873 g/mol. The van der Waals surface area contributed by atoms with Crippen molar-refractivity contribution in [3.05, 3.63) is 102 Å². The van der Waals surface area contributed by atoms with Gasteiger partial charge in [0.1, 0.15) is 11.8 Å². The van der Waals surface area contributed by atoms with E-state index in [2.05, 4.69) is 31.6 Å². The molecule has 0 aromatic heterocycles. The van der Waals surface area contributed by atoms with Crippen LogP contribution in [-0.4, -0.2) is 102 Å². The molecule has 2 amide bonds. The number of nitrogens with one attached hydrogen (secondary N) is 2. The summed E-state index contributed by atoms with van der Waals surface area (Å²) in [4.78, 5) is 33.0. The predicted octanol–water partition coefficient (Wildman–Crippen LogP) is 9.44. The summed E-state index contributed by atoms with van der Waals surface area (Å²) >= 11 is 0. The summed E-state index contributed by atoms with van der Waals surface area (Å²) in [6.07, 6.45) is -3.15. The number of piperazine rings is 1. The second-order valence-electron chi connectivity index (χ2n) is 12.7. The normalized spacial score (nSPS) is 16.2. The van der Waals surface area contributed by atoms with Crippen molar-refractivity contribution in [3.8, 4) is 16.9 Å². The van der Waals surface area contributed by atoms with Gasteiger partial charge >= 0.3 is 12.7 Å². The fourth-order valence-electron chi connectivity index (χ4n) is 5.50. The number of halogens is 6. The lowest BCUT2D eigenvalue weighted by atomic mass is 10.0. The molecule has 0 spiro atoms. The number of rotatable bonds is 11. The molecule has 334 valence electrons. The van der Waals surface area contributed by atoms with E-state index in [1.54, 1.807) is 6.26 Å². The number of anilines is 2. The summed E-state index contributed by atoms with van der Waals surface area (Å²) in [5, 5.41) is 7.07. The van der Waals surface area contributed by atoms with Crippen molar-refractivity contribution in [2.75, 3.05) is 63.8 Å². The van der Waals surface area contributed by atoms with Gasteiger partial charge < -0.3 is 20.2 Å². The Balaban J connectivity index is 0.00000104. The van der Waals surface area contributed by atoms with E-state index < -0.39 is 35.5 Å². The van der Waals surface area contributed by atoms with Crippen molar-refractivity contribution in [2.24, 2.45) is 0 Å². The minimum absolute atomic E-state index is 0. The molecule has 18 heteroatoms. The number of hydrogen-bond acceptors (Lipinski definition) is 8. The molecule has 1 unspecified atom stereocenters. The molecule has 2 saturated heterocycles. The van der Waals surface area contributed by atoms with Crippen LogP contribution in [0.15, 0.2) is 91.0 Å². The van der Waals surface area contributed by atoms with Crippen molar-refractivity contribution in [3.63, 3.8) is 0 Å². The van der Waals surface area contributed by atoms with Gasteiger partial charge in [-0.2, -0.15) is 5.06 Å². The molecule has 3 aromatic carbocycles. The number of allylic oxidation sites excluding steroid dienone is 3. The van der Waals surface area contributed by atoms with Gasteiger partial charge in [-0.25, -0.2) is 8.51 Å². The smallest absolute Gasteiger partial charge is 0.405 e. The lowest BCUT2D eigenvalue weighted by molar-refractivity contribution is -0.311. The lowest BCUT2D eigenvalue weighted by Crippen LogP contribution is -2.53. The Morgan fingerprint density at radius 3 is 1.87 bits per heavy atom. The number of carbonyl (C=O) groups excluding carboxylic acids is 2. The first kappa shape index (κ1) is 53.4. The number of methoxy groups -OCH3 is 1. The first-order valence-corrected chi connectivity index (χ1v) is 20.1. The van der Waals surface area contributed by atoms with E-state index in [0.29, 0.717) is 36.9 Å². The molecule has 0 bridgehead atoms. The van der Waals surface area contributed by atoms with Crippen LogP contribution < -0.4 is 15.4 Å². The standard InChI is InChI=1S/C31H34F3N5O5S.C6H10.C2H3F3O.C2H6.CH4/c1-43-39-14-13-27(39)30(41)36-25-11-12-28(44-31(32,33)34)26(19-25)22-5-7-23(8-6-22)29(40)35-24-9-3-21(4-10-24)20-37-15-17-38(18-16-37)45(2)42;1-4-5-6(2)3;1-6-2(3,4)5;1-2;/h3-12,19,27H,13-18,20H2,1-2H3,(H,35,40)(H,36,41);4-5H,2H2,1,3H3;1H3;1-2H3;1H4/b;5-4-;;;/t27-,45?;;;;/m0..../s1. The lowest BCUT2D eigenvalue weighted by Gasteiger charge is -2.37. The van der Waals surface area contributed by atoms with Crippen LogP contribution in [-0.2, 0) is 31.9 Å². The first-order chi connectivity index (χ1) is 27.8. The summed E-state index contributed by atoms with van der Waals surface area (Å²) in [6.45, 7) is 16.1. The molecule has 2 heterocycles. The zero-order chi connectivity index (χ0) is 44.3. The number of nitrogens with zero attached hydrogens (tertiary/aromatic N) is 3. The summed E-state index contributed by atoms with van der Waals surface area (Å²) in [7, 11) is 1.09. The van der Waals surface area contributed by atoms with Crippen LogP contribution in [0.5, 0.6) is 5.75 Å².